The van der Waals surface area contributed by atoms with E-state index in [1.807, 2.05) is 4.90 Å². The number of nitrogens with zero attached hydrogens (tertiary/aromatic N) is 1. The standard InChI is InChI=1S/C13H22N2O/c1-4-5-12(14)13(16)15(11-6-7-11)9-8-10(2)3/h1,10-12H,5-9,14H2,2-3H3. The first-order valence-corrected chi connectivity index (χ1v) is 6.05. The van der Waals surface area contributed by atoms with Crippen LogP contribution in [0.25, 0.3) is 0 Å². The van der Waals surface area contributed by atoms with E-state index in [2.05, 4.69) is 19.8 Å². The van der Waals surface area contributed by atoms with Gasteiger partial charge >= 0.3 is 0 Å². The summed E-state index contributed by atoms with van der Waals surface area (Å²) in [6.45, 7) is 5.15. The van der Waals surface area contributed by atoms with Gasteiger partial charge < -0.3 is 10.6 Å². The molecule has 1 aliphatic rings. The summed E-state index contributed by atoms with van der Waals surface area (Å²) < 4.78 is 0. The SMILES string of the molecule is C#CCC(N)C(=O)N(CCC(C)C)C1CC1. The number of hydrogen-bond acceptors (Lipinski definition) is 2. The molecule has 0 aliphatic heterocycles. The second kappa shape index (κ2) is 5.91. The normalized spacial score (nSPS) is 16.9. The smallest absolute Gasteiger partial charge is 0.240 e. The average molecular weight is 222 g/mol. The number of amides is 1. The first-order valence-electron chi connectivity index (χ1n) is 6.05. The van der Waals surface area contributed by atoms with E-state index in [1.165, 1.54) is 0 Å². The van der Waals surface area contributed by atoms with E-state index in [0.29, 0.717) is 18.4 Å². The third-order valence-corrected chi connectivity index (χ3v) is 2.87. The predicted octanol–water partition coefficient (Wildman–Crippen LogP) is 1.37. The van der Waals surface area contributed by atoms with Crippen molar-refractivity contribution in [2.45, 2.75) is 51.6 Å². The van der Waals surface area contributed by atoms with Crippen molar-refractivity contribution in [1.29, 1.82) is 0 Å². The van der Waals surface area contributed by atoms with Gasteiger partial charge in [-0.05, 0) is 25.2 Å². The maximum absolute atomic E-state index is 12.0. The first-order chi connectivity index (χ1) is 7.56. The zero-order valence-corrected chi connectivity index (χ0v) is 10.3. The van der Waals surface area contributed by atoms with Crippen LogP contribution in [-0.4, -0.2) is 29.4 Å². The van der Waals surface area contributed by atoms with E-state index in [1.54, 1.807) is 0 Å². The van der Waals surface area contributed by atoms with Crippen molar-refractivity contribution in [2.75, 3.05) is 6.54 Å². The number of nitrogens with two attached hydrogens (primary N) is 1. The van der Waals surface area contributed by atoms with Crippen LogP contribution in [0.1, 0.15) is 39.5 Å². The lowest BCUT2D eigenvalue weighted by atomic mass is 10.1. The molecular weight excluding hydrogens is 200 g/mol. The summed E-state index contributed by atoms with van der Waals surface area (Å²) in [6.07, 6.45) is 8.79. The molecule has 0 aromatic carbocycles. The van der Waals surface area contributed by atoms with Gasteiger partial charge in [0.2, 0.25) is 5.91 Å². The Balaban J connectivity index is 2.49. The quantitative estimate of drug-likeness (QED) is 0.690. The molecule has 0 heterocycles. The van der Waals surface area contributed by atoms with E-state index in [4.69, 9.17) is 12.2 Å². The summed E-state index contributed by atoms with van der Waals surface area (Å²) in [5.74, 6) is 3.09. The fraction of sp³-hybridized carbons (Fsp3) is 0.769. The number of rotatable bonds is 6. The fourth-order valence-corrected chi connectivity index (χ4v) is 1.68. The molecule has 1 rings (SSSR count). The summed E-state index contributed by atoms with van der Waals surface area (Å²) in [7, 11) is 0. The van der Waals surface area contributed by atoms with Crippen molar-refractivity contribution in [3.8, 4) is 12.3 Å². The van der Waals surface area contributed by atoms with Gasteiger partial charge in [-0.2, -0.15) is 0 Å². The second-order valence-electron chi connectivity index (χ2n) is 4.96. The highest BCUT2D eigenvalue weighted by Gasteiger charge is 2.34. The molecule has 1 aliphatic carbocycles. The summed E-state index contributed by atoms with van der Waals surface area (Å²) in [5.41, 5.74) is 5.77. The molecule has 1 saturated carbocycles. The van der Waals surface area contributed by atoms with Crippen LogP contribution in [0.15, 0.2) is 0 Å². The van der Waals surface area contributed by atoms with Gasteiger partial charge in [0.05, 0.1) is 6.04 Å². The Kier molecular flexibility index (Phi) is 4.82. The van der Waals surface area contributed by atoms with Crippen LogP contribution in [0.3, 0.4) is 0 Å². The Labute approximate surface area is 98.4 Å². The van der Waals surface area contributed by atoms with Gasteiger partial charge in [-0.25, -0.2) is 0 Å². The maximum Gasteiger partial charge on any atom is 0.240 e. The van der Waals surface area contributed by atoms with Gasteiger partial charge in [0.25, 0.3) is 0 Å². The van der Waals surface area contributed by atoms with Crippen molar-refractivity contribution in [3.05, 3.63) is 0 Å². The molecule has 0 aromatic heterocycles. The molecule has 0 spiro atoms. The number of terminal acetylenes is 1. The number of hydrogen-bond donors (Lipinski definition) is 1. The summed E-state index contributed by atoms with van der Waals surface area (Å²) in [6, 6.07) is -0.0900. The molecule has 1 amide bonds. The molecular formula is C13H22N2O. The second-order valence-corrected chi connectivity index (χ2v) is 4.96. The van der Waals surface area contributed by atoms with Crippen LogP contribution in [0, 0.1) is 18.3 Å². The molecule has 3 nitrogen and oxygen atoms in total. The van der Waals surface area contributed by atoms with Gasteiger partial charge in [0, 0.05) is 19.0 Å². The highest BCUT2D eigenvalue weighted by molar-refractivity contribution is 5.82. The van der Waals surface area contributed by atoms with Crippen molar-refractivity contribution in [1.82, 2.24) is 4.90 Å². The maximum atomic E-state index is 12.0. The fourth-order valence-electron chi connectivity index (χ4n) is 1.68. The average Bonchev–Trinajstić information content (AvgIpc) is 3.01. The first kappa shape index (κ1) is 13.1. The molecule has 1 atom stereocenters. The third kappa shape index (κ3) is 3.86. The minimum absolute atomic E-state index is 0.0288. The van der Waals surface area contributed by atoms with Crippen LogP contribution in [0.2, 0.25) is 0 Å². The predicted molar refractivity (Wildman–Crippen MR) is 65.6 cm³/mol. The van der Waals surface area contributed by atoms with Gasteiger partial charge in [-0.1, -0.05) is 13.8 Å². The molecule has 0 aromatic rings. The van der Waals surface area contributed by atoms with E-state index in [9.17, 15) is 4.79 Å². The van der Waals surface area contributed by atoms with Crippen LogP contribution in [0.5, 0.6) is 0 Å². The van der Waals surface area contributed by atoms with Crippen LogP contribution in [-0.2, 0) is 4.79 Å². The van der Waals surface area contributed by atoms with Gasteiger partial charge in [0.1, 0.15) is 0 Å². The molecule has 0 saturated heterocycles. The van der Waals surface area contributed by atoms with Crippen molar-refractivity contribution in [2.24, 2.45) is 11.7 Å². The Bertz CT molecular complexity index is 276. The zero-order valence-electron chi connectivity index (χ0n) is 10.3. The van der Waals surface area contributed by atoms with Crippen LogP contribution < -0.4 is 5.73 Å². The third-order valence-electron chi connectivity index (χ3n) is 2.87. The Hall–Kier alpha value is -1.01. The lowest BCUT2D eigenvalue weighted by Crippen LogP contribution is -2.45. The molecule has 0 bridgehead atoms. The highest BCUT2D eigenvalue weighted by Crippen LogP contribution is 2.28. The summed E-state index contributed by atoms with van der Waals surface area (Å²) in [4.78, 5) is 14.0. The van der Waals surface area contributed by atoms with Gasteiger partial charge in [-0.3, -0.25) is 4.79 Å². The highest BCUT2D eigenvalue weighted by atomic mass is 16.2. The molecule has 3 heteroatoms. The summed E-state index contributed by atoms with van der Waals surface area (Å²) >= 11 is 0. The molecule has 1 unspecified atom stereocenters. The molecule has 16 heavy (non-hydrogen) atoms. The largest absolute Gasteiger partial charge is 0.338 e. The van der Waals surface area contributed by atoms with Crippen LogP contribution in [0.4, 0.5) is 0 Å². The number of carbonyl (C=O) groups is 1. The minimum Gasteiger partial charge on any atom is -0.338 e. The van der Waals surface area contributed by atoms with Gasteiger partial charge in [-0.15, -0.1) is 12.3 Å². The van der Waals surface area contributed by atoms with E-state index < -0.39 is 6.04 Å². The monoisotopic (exact) mass is 222 g/mol. The molecule has 1 fully saturated rings. The van der Waals surface area contributed by atoms with E-state index in [-0.39, 0.29) is 5.91 Å². The zero-order chi connectivity index (χ0) is 12.1. The Morgan fingerprint density at radius 2 is 2.19 bits per heavy atom. The van der Waals surface area contributed by atoms with Crippen molar-refractivity contribution >= 4 is 5.91 Å². The Morgan fingerprint density at radius 3 is 2.62 bits per heavy atom. The van der Waals surface area contributed by atoms with Crippen molar-refractivity contribution < 1.29 is 4.79 Å². The Morgan fingerprint density at radius 1 is 1.56 bits per heavy atom. The summed E-state index contributed by atoms with van der Waals surface area (Å²) in [5, 5.41) is 0. The van der Waals surface area contributed by atoms with Gasteiger partial charge in [0.15, 0.2) is 0 Å². The molecule has 90 valence electrons. The lowest BCUT2D eigenvalue weighted by Gasteiger charge is -2.25. The minimum atomic E-state index is -0.516. The van der Waals surface area contributed by atoms with E-state index >= 15 is 0 Å². The van der Waals surface area contributed by atoms with Crippen LogP contribution >= 0.6 is 0 Å². The molecule has 2 N–H and O–H groups in total. The number of carbonyl (C=O) groups excluding carboxylic acids is 1. The lowest BCUT2D eigenvalue weighted by molar-refractivity contribution is -0.133. The van der Waals surface area contributed by atoms with E-state index in [0.717, 1.165) is 25.8 Å². The molecule has 0 radical (unpaired) electrons. The topological polar surface area (TPSA) is 46.3 Å². The van der Waals surface area contributed by atoms with Crippen molar-refractivity contribution in [3.63, 3.8) is 0 Å².